The van der Waals surface area contributed by atoms with Gasteiger partial charge in [-0.15, -0.1) is 0 Å². The molecule has 0 aliphatic rings. The quantitative estimate of drug-likeness (QED) is 0.833. The third-order valence-corrected chi connectivity index (χ3v) is 4.45. The number of rotatable bonds is 6. The largest absolute Gasteiger partial charge is 0.389 e. The first-order valence-electron chi connectivity index (χ1n) is 6.70. The molecule has 0 bridgehead atoms. The van der Waals surface area contributed by atoms with Crippen LogP contribution in [0.4, 0.5) is 0 Å². The van der Waals surface area contributed by atoms with Crippen molar-refractivity contribution in [3.63, 3.8) is 0 Å². The normalized spacial score (nSPS) is 13.0. The maximum Gasteiger partial charge on any atom is 0.296 e. The molecule has 5 heteroatoms. The van der Waals surface area contributed by atoms with Crippen LogP contribution in [0.5, 0.6) is 0 Å². The summed E-state index contributed by atoms with van der Waals surface area (Å²) in [5.41, 5.74) is 1.79. The van der Waals surface area contributed by atoms with Crippen LogP contribution in [0.3, 0.4) is 0 Å². The minimum absolute atomic E-state index is 0.0885. The molecule has 4 nitrogen and oxygen atoms in total. The first-order chi connectivity index (χ1) is 9.99. The molecule has 0 fully saturated rings. The third-order valence-electron chi connectivity index (χ3n) is 3.12. The minimum Gasteiger partial charge on any atom is -0.389 e. The highest BCUT2D eigenvalue weighted by molar-refractivity contribution is 7.86. The molecule has 0 saturated carbocycles. The van der Waals surface area contributed by atoms with Crippen molar-refractivity contribution in [3.8, 4) is 0 Å². The highest BCUT2D eigenvalue weighted by Crippen LogP contribution is 2.15. The molecule has 0 aliphatic carbocycles. The molecule has 21 heavy (non-hydrogen) atoms. The van der Waals surface area contributed by atoms with Crippen molar-refractivity contribution in [2.24, 2.45) is 0 Å². The fourth-order valence-electron chi connectivity index (χ4n) is 1.89. The Hall–Kier alpha value is -1.69. The van der Waals surface area contributed by atoms with E-state index in [1.54, 1.807) is 25.1 Å². The molecule has 0 radical (unpaired) electrons. The van der Waals surface area contributed by atoms with Crippen LogP contribution in [0, 0.1) is 0 Å². The molecule has 0 aliphatic heterocycles. The Balaban J connectivity index is 1.92. The predicted octanol–water partition coefficient (Wildman–Crippen LogP) is 2.69. The van der Waals surface area contributed by atoms with Crippen LogP contribution in [0.2, 0.25) is 0 Å². The van der Waals surface area contributed by atoms with Crippen LogP contribution in [-0.4, -0.2) is 20.1 Å². The van der Waals surface area contributed by atoms with Crippen molar-refractivity contribution in [1.29, 1.82) is 0 Å². The van der Waals surface area contributed by atoms with Gasteiger partial charge in [-0.1, -0.05) is 42.5 Å². The second-order valence-electron chi connectivity index (χ2n) is 4.76. The van der Waals surface area contributed by atoms with Crippen LogP contribution in [-0.2, 0) is 20.7 Å². The van der Waals surface area contributed by atoms with Gasteiger partial charge in [0.15, 0.2) is 0 Å². The topological polar surface area (TPSA) is 63.6 Å². The summed E-state index contributed by atoms with van der Waals surface area (Å²) < 4.78 is 28.8. The maximum absolute atomic E-state index is 11.9. The summed E-state index contributed by atoms with van der Waals surface area (Å²) in [6.45, 7) is 1.79. The number of aliphatic hydroxyl groups excluding tert-OH is 1. The molecule has 0 heterocycles. The summed E-state index contributed by atoms with van der Waals surface area (Å²) >= 11 is 0. The molecule has 2 rings (SSSR count). The Morgan fingerprint density at radius 1 is 1.05 bits per heavy atom. The molecule has 0 saturated heterocycles. The van der Waals surface area contributed by atoms with E-state index in [1.807, 2.05) is 24.3 Å². The smallest absolute Gasteiger partial charge is 0.296 e. The molecule has 0 amide bonds. The number of hydrogen-bond acceptors (Lipinski definition) is 4. The molecule has 1 atom stereocenters. The predicted molar refractivity (Wildman–Crippen MR) is 80.4 cm³/mol. The lowest BCUT2D eigenvalue weighted by Gasteiger charge is -2.07. The van der Waals surface area contributed by atoms with Gasteiger partial charge in [0, 0.05) is 0 Å². The first-order valence-corrected chi connectivity index (χ1v) is 8.11. The Morgan fingerprint density at radius 2 is 1.67 bits per heavy atom. The average Bonchev–Trinajstić information content (AvgIpc) is 2.48. The molecule has 1 N–H and O–H groups in total. The van der Waals surface area contributed by atoms with Gasteiger partial charge >= 0.3 is 0 Å². The second kappa shape index (κ2) is 6.85. The van der Waals surface area contributed by atoms with Crippen molar-refractivity contribution in [1.82, 2.24) is 0 Å². The lowest BCUT2D eigenvalue weighted by Crippen LogP contribution is -2.09. The number of benzene rings is 2. The molecule has 0 aromatic heterocycles. The summed E-state index contributed by atoms with van der Waals surface area (Å²) in [5.74, 6) is 0. The Labute approximate surface area is 125 Å². The summed E-state index contributed by atoms with van der Waals surface area (Å²) in [4.78, 5) is 0.162. The van der Waals surface area contributed by atoms with Gasteiger partial charge in [-0.25, -0.2) is 0 Å². The zero-order valence-electron chi connectivity index (χ0n) is 11.8. The zero-order valence-corrected chi connectivity index (χ0v) is 12.6. The van der Waals surface area contributed by atoms with Gasteiger partial charge in [-0.2, -0.15) is 8.42 Å². The second-order valence-corrected chi connectivity index (χ2v) is 6.37. The lowest BCUT2D eigenvalue weighted by molar-refractivity contribution is 0.199. The lowest BCUT2D eigenvalue weighted by atomic mass is 10.1. The van der Waals surface area contributed by atoms with Crippen LogP contribution in [0.25, 0.3) is 0 Å². The molecule has 2 aromatic carbocycles. The van der Waals surface area contributed by atoms with Gasteiger partial charge in [0.1, 0.15) is 0 Å². The standard InChI is InChI=1S/C16H18O4S/c1-13(17)15-9-7-14(8-10-15)11-12-20-21(18,19)16-5-3-2-4-6-16/h2-10,13,17H,11-12H2,1H3. The van der Waals surface area contributed by atoms with Gasteiger partial charge in [0.25, 0.3) is 10.1 Å². The number of hydrogen-bond donors (Lipinski definition) is 1. The summed E-state index contributed by atoms with van der Waals surface area (Å²) in [6, 6.07) is 15.5. The van der Waals surface area contributed by atoms with Crippen LogP contribution in [0.1, 0.15) is 24.2 Å². The van der Waals surface area contributed by atoms with E-state index in [4.69, 9.17) is 4.18 Å². The van der Waals surface area contributed by atoms with E-state index in [0.29, 0.717) is 6.42 Å². The summed E-state index contributed by atoms with van der Waals surface area (Å²) in [5, 5.41) is 9.42. The van der Waals surface area contributed by atoms with Gasteiger partial charge in [0.2, 0.25) is 0 Å². The van der Waals surface area contributed by atoms with Crippen molar-refractivity contribution in [3.05, 3.63) is 65.7 Å². The van der Waals surface area contributed by atoms with E-state index in [0.717, 1.165) is 11.1 Å². The third kappa shape index (κ3) is 4.39. The SMILES string of the molecule is CC(O)c1ccc(CCOS(=O)(=O)c2ccccc2)cc1. The molecule has 112 valence electrons. The molecular weight excluding hydrogens is 288 g/mol. The van der Waals surface area contributed by atoms with Gasteiger partial charge in [0.05, 0.1) is 17.6 Å². The van der Waals surface area contributed by atoms with Crippen LogP contribution >= 0.6 is 0 Å². The fourth-order valence-corrected chi connectivity index (χ4v) is 2.82. The van der Waals surface area contributed by atoms with Crippen molar-refractivity contribution >= 4 is 10.1 Å². The average molecular weight is 306 g/mol. The van der Waals surface area contributed by atoms with Crippen molar-refractivity contribution in [2.45, 2.75) is 24.3 Å². The Kier molecular flexibility index (Phi) is 5.12. The van der Waals surface area contributed by atoms with E-state index in [-0.39, 0.29) is 11.5 Å². The first kappa shape index (κ1) is 15.7. The molecule has 1 unspecified atom stereocenters. The highest BCUT2D eigenvalue weighted by atomic mass is 32.2. The minimum atomic E-state index is -3.69. The van der Waals surface area contributed by atoms with Crippen LogP contribution in [0.15, 0.2) is 59.5 Å². The van der Waals surface area contributed by atoms with E-state index < -0.39 is 16.2 Å². The van der Waals surface area contributed by atoms with E-state index >= 15 is 0 Å². The van der Waals surface area contributed by atoms with E-state index in [2.05, 4.69) is 0 Å². The van der Waals surface area contributed by atoms with E-state index in [9.17, 15) is 13.5 Å². The number of aliphatic hydroxyl groups is 1. The molecule has 2 aromatic rings. The van der Waals surface area contributed by atoms with Crippen molar-refractivity contribution in [2.75, 3.05) is 6.61 Å². The summed E-state index contributed by atoms with van der Waals surface area (Å²) in [7, 11) is -3.69. The molecular formula is C16H18O4S. The van der Waals surface area contributed by atoms with Gasteiger partial charge in [-0.3, -0.25) is 4.18 Å². The Bertz CT molecular complexity index is 661. The molecule has 0 spiro atoms. The highest BCUT2D eigenvalue weighted by Gasteiger charge is 2.14. The van der Waals surface area contributed by atoms with Gasteiger partial charge < -0.3 is 5.11 Å². The fraction of sp³-hybridized carbons (Fsp3) is 0.250. The van der Waals surface area contributed by atoms with E-state index in [1.165, 1.54) is 12.1 Å². The Morgan fingerprint density at radius 3 is 2.24 bits per heavy atom. The maximum atomic E-state index is 11.9. The zero-order chi connectivity index (χ0) is 15.3. The van der Waals surface area contributed by atoms with Crippen LogP contribution < -0.4 is 0 Å². The monoisotopic (exact) mass is 306 g/mol. The van der Waals surface area contributed by atoms with Gasteiger partial charge in [-0.05, 0) is 36.6 Å². The summed E-state index contributed by atoms with van der Waals surface area (Å²) in [6.07, 6.45) is -0.0136. The van der Waals surface area contributed by atoms with Crippen molar-refractivity contribution < 1.29 is 17.7 Å².